The third-order valence-corrected chi connectivity index (χ3v) is 6.39. The molecule has 0 saturated carbocycles. The van der Waals surface area contributed by atoms with Gasteiger partial charge in [-0.15, -0.1) is 5.10 Å². The van der Waals surface area contributed by atoms with E-state index >= 15 is 0 Å². The molecule has 1 aliphatic heterocycles. The number of fused-ring (bicyclic) bond motifs is 1. The highest BCUT2D eigenvalue weighted by atomic mass is 19.4. The fourth-order valence-electron chi connectivity index (χ4n) is 4.32. The number of carbonyl (C=O) groups excluding carboxylic acids is 1. The van der Waals surface area contributed by atoms with Crippen molar-refractivity contribution in [3.8, 4) is 0 Å². The fourth-order valence-corrected chi connectivity index (χ4v) is 4.32. The van der Waals surface area contributed by atoms with Gasteiger partial charge in [0.25, 0.3) is 11.6 Å². The molecule has 0 aliphatic carbocycles. The largest absolute Gasteiger partial charge is 0.453 e. The molecule has 1 aromatic carbocycles. The van der Waals surface area contributed by atoms with E-state index in [9.17, 15) is 18.0 Å². The van der Waals surface area contributed by atoms with Gasteiger partial charge in [0.1, 0.15) is 0 Å². The molecule has 1 amide bonds. The number of hydrogen-bond donors (Lipinski definition) is 1. The Balaban J connectivity index is 1.33. The Labute approximate surface area is 202 Å². The van der Waals surface area contributed by atoms with Gasteiger partial charge < -0.3 is 10.2 Å². The number of aryl methyl sites for hydroxylation is 2. The smallest absolute Gasteiger partial charge is 0.352 e. The number of hydrogen-bond acceptors (Lipinski definition) is 6. The molecule has 2 aromatic heterocycles. The van der Waals surface area contributed by atoms with Crippen LogP contribution in [-0.2, 0) is 30.5 Å². The highest BCUT2D eigenvalue weighted by Gasteiger charge is 2.37. The van der Waals surface area contributed by atoms with E-state index in [1.165, 1.54) is 5.56 Å². The molecule has 3 aromatic rings. The molecule has 0 unspecified atom stereocenters. The maximum Gasteiger partial charge on any atom is 0.453 e. The number of piperazine rings is 1. The first-order chi connectivity index (χ1) is 16.6. The van der Waals surface area contributed by atoms with Gasteiger partial charge in [0.2, 0.25) is 5.91 Å². The molecule has 0 bridgehead atoms. The molecule has 1 aliphatic rings. The molecule has 4 rings (SSSR count). The lowest BCUT2D eigenvalue weighted by Gasteiger charge is -2.32. The molecule has 8 nitrogen and oxygen atoms in total. The second-order valence-electron chi connectivity index (χ2n) is 9.08. The number of benzene rings is 1. The zero-order chi connectivity index (χ0) is 25.2. The SMILES string of the molecule is Cc1nc2nc(C(F)(F)F)nn2c(C)c1CCC(=O)NCc1cccc(CN2CCN(C)CC2)c1. The highest BCUT2D eigenvalue weighted by molar-refractivity contribution is 5.76. The molecule has 3 heterocycles. The average molecular weight is 490 g/mol. The summed E-state index contributed by atoms with van der Waals surface area (Å²) in [5.41, 5.74) is 3.99. The van der Waals surface area contributed by atoms with E-state index < -0.39 is 12.0 Å². The van der Waals surface area contributed by atoms with Crippen LogP contribution in [0, 0.1) is 13.8 Å². The summed E-state index contributed by atoms with van der Waals surface area (Å²) in [5, 5.41) is 6.50. The number of aromatic nitrogens is 4. The Bertz CT molecular complexity index is 1200. The van der Waals surface area contributed by atoms with Crippen LogP contribution in [0.4, 0.5) is 13.2 Å². The first-order valence-corrected chi connectivity index (χ1v) is 11.7. The average Bonchev–Trinajstić information content (AvgIpc) is 3.24. The Morgan fingerprint density at radius 2 is 1.80 bits per heavy atom. The Morgan fingerprint density at radius 3 is 2.51 bits per heavy atom. The monoisotopic (exact) mass is 489 g/mol. The molecule has 0 radical (unpaired) electrons. The summed E-state index contributed by atoms with van der Waals surface area (Å²) in [4.78, 5) is 24.9. The van der Waals surface area contributed by atoms with E-state index in [0.717, 1.165) is 42.8 Å². The maximum atomic E-state index is 13.0. The topological polar surface area (TPSA) is 78.7 Å². The summed E-state index contributed by atoms with van der Waals surface area (Å²) in [6.45, 7) is 8.90. The van der Waals surface area contributed by atoms with Gasteiger partial charge in [0.05, 0.1) is 0 Å². The Morgan fingerprint density at radius 1 is 1.09 bits per heavy atom. The lowest BCUT2D eigenvalue weighted by molar-refractivity contribution is -0.144. The molecule has 0 spiro atoms. The standard InChI is InChI=1S/C24H30F3N7O/c1-16-20(17(2)34-23(29-16)30-22(31-34)24(25,26)27)7-8-21(35)28-14-18-5-4-6-19(13-18)15-33-11-9-32(3)10-12-33/h4-6,13H,7-12,14-15H2,1-3H3,(H,28,35). The summed E-state index contributed by atoms with van der Waals surface area (Å²) in [6, 6.07) is 8.22. The number of carbonyl (C=O) groups is 1. The van der Waals surface area contributed by atoms with E-state index in [2.05, 4.69) is 49.4 Å². The molecule has 35 heavy (non-hydrogen) atoms. The van der Waals surface area contributed by atoms with Crippen LogP contribution in [0.5, 0.6) is 0 Å². The van der Waals surface area contributed by atoms with Gasteiger partial charge in [-0.1, -0.05) is 24.3 Å². The lowest BCUT2D eigenvalue weighted by Crippen LogP contribution is -2.43. The third-order valence-electron chi connectivity index (χ3n) is 6.39. The number of alkyl halides is 3. The molecule has 188 valence electrons. The van der Waals surface area contributed by atoms with Crippen LogP contribution in [0.3, 0.4) is 0 Å². The summed E-state index contributed by atoms with van der Waals surface area (Å²) < 4.78 is 40.0. The number of nitrogens with one attached hydrogen (secondary N) is 1. The number of nitrogens with zero attached hydrogens (tertiary/aromatic N) is 6. The summed E-state index contributed by atoms with van der Waals surface area (Å²) in [7, 11) is 2.14. The highest BCUT2D eigenvalue weighted by Crippen LogP contribution is 2.27. The maximum absolute atomic E-state index is 13.0. The normalized spacial score (nSPS) is 15.6. The zero-order valence-electron chi connectivity index (χ0n) is 20.2. The van der Waals surface area contributed by atoms with Crippen LogP contribution in [0.1, 0.15) is 40.3 Å². The second kappa shape index (κ2) is 10.3. The minimum absolute atomic E-state index is 0.100. The van der Waals surface area contributed by atoms with Gasteiger partial charge in [0, 0.05) is 57.1 Å². The lowest BCUT2D eigenvalue weighted by atomic mass is 10.1. The summed E-state index contributed by atoms with van der Waals surface area (Å²) in [5.74, 6) is -1.46. The van der Waals surface area contributed by atoms with Crippen molar-refractivity contribution in [2.75, 3.05) is 33.2 Å². The first-order valence-electron chi connectivity index (χ1n) is 11.7. The Hall–Kier alpha value is -3.05. The zero-order valence-corrected chi connectivity index (χ0v) is 20.2. The fraction of sp³-hybridized carbons (Fsp3) is 0.500. The number of halogens is 3. The Kier molecular flexibility index (Phi) is 7.36. The van der Waals surface area contributed by atoms with Gasteiger partial charge >= 0.3 is 6.18 Å². The minimum Gasteiger partial charge on any atom is -0.352 e. The van der Waals surface area contributed by atoms with Crippen molar-refractivity contribution in [2.45, 2.75) is 46.0 Å². The van der Waals surface area contributed by atoms with Crippen molar-refractivity contribution in [1.82, 2.24) is 34.7 Å². The van der Waals surface area contributed by atoms with E-state index in [1.54, 1.807) is 13.8 Å². The first kappa shape index (κ1) is 25.1. The molecular weight excluding hydrogens is 459 g/mol. The van der Waals surface area contributed by atoms with Gasteiger partial charge in [-0.3, -0.25) is 9.69 Å². The van der Waals surface area contributed by atoms with Crippen molar-refractivity contribution in [1.29, 1.82) is 0 Å². The van der Waals surface area contributed by atoms with Crippen molar-refractivity contribution in [3.63, 3.8) is 0 Å². The molecular formula is C24H30F3N7O. The molecule has 1 saturated heterocycles. The van der Waals surface area contributed by atoms with Gasteiger partial charge in [-0.2, -0.15) is 18.2 Å². The van der Waals surface area contributed by atoms with Crippen molar-refractivity contribution >= 4 is 11.7 Å². The minimum atomic E-state index is -4.64. The molecule has 11 heteroatoms. The van der Waals surface area contributed by atoms with E-state index in [0.29, 0.717) is 29.9 Å². The number of rotatable bonds is 7. The predicted octanol–water partition coefficient (Wildman–Crippen LogP) is 2.76. The van der Waals surface area contributed by atoms with Crippen LogP contribution >= 0.6 is 0 Å². The van der Waals surface area contributed by atoms with Crippen molar-refractivity contribution in [3.05, 3.63) is 58.2 Å². The quantitative estimate of drug-likeness (QED) is 0.550. The summed E-state index contributed by atoms with van der Waals surface area (Å²) in [6.07, 6.45) is -4.11. The van der Waals surface area contributed by atoms with E-state index in [4.69, 9.17) is 0 Å². The third kappa shape index (κ3) is 6.15. The van der Waals surface area contributed by atoms with E-state index in [-0.39, 0.29) is 18.1 Å². The van der Waals surface area contributed by atoms with Crippen molar-refractivity contribution in [2.24, 2.45) is 0 Å². The van der Waals surface area contributed by atoms with Crippen LogP contribution in [-0.4, -0.2) is 68.5 Å². The van der Waals surface area contributed by atoms with Gasteiger partial charge in [-0.25, -0.2) is 9.50 Å². The second-order valence-corrected chi connectivity index (χ2v) is 9.08. The molecule has 1 N–H and O–H groups in total. The predicted molar refractivity (Wildman–Crippen MR) is 125 cm³/mol. The van der Waals surface area contributed by atoms with Gasteiger partial charge in [0.15, 0.2) is 0 Å². The van der Waals surface area contributed by atoms with Gasteiger partial charge in [-0.05, 0) is 44.0 Å². The van der Waals surface area contributed by atoms with Crippen LogP contribution in [0.2, 0.25) is 0 Å². The van der Waals surface area contributed by atoms with Crippen LogP contribution in [0.25, 0.3) is 5.78 Å². The molecule has 1 fully saturated rings. The van der Waals surface area contributed by atoms with Crippen LogP contribution < -0.4 is 5.32 Å². The number of amides is 1. The van der Waals surface area contributed by atoms with Crippen molar-refractivity contribution < 1.29 is 18.0 Å². The van der Waals surface area contributed by atoms with E-state index in [1.807, 2.05) is 12.1 Å². The molecule has 0 atom stereocenters. The summed E-state index contributed by atoms with van der Waals surface area (Å²) >= 11 is 0. The number of likely N-dealkylation sites (N-methyl/N-ethyl adjacent to an activating group) is 1. The van der Waals surface area contributed by atoms with Crippen LogP contribution in [0.15, 0.2) is 24.3 Å².